The van der Waals surface area contributed by atoms with Crippen molar-refractivity contribution in [1.82, 2.24) is 14.8 Å². The molecule has 7 nitrogen and oxygen atoms in total. The molecule has 1 aliphatic rings. The zero-order valence-corrected chi connectivity index (χ0v) is 21.9. The van der Waals surface area contributed by atoms with Crippen LogP contribution in [0.15, 0.2) is 95.3 Å². The predicted octanol–water partition coefficient (Wildman–Crippen LogP) is 6.07. The second kappa shape index (κ2) is 10.9. The quantitative estimate of drug-likeness (QED) is 0.280. The number of fused-ring (bicyclic) bond motifs is 1. The number of amides is 1. The summed E-state index contributed by atoms with van der Waals surface area (Å²) in [7, 11) is 1.59. The summed E-state index contributed by atoms with van der Waals surface area (Å²) in [4.78, 5) is 18.5. The molecule has 5 rings (SSSR count). The molecular formula is C29H29N5O2S. The minimum absolute atomic E-state index is 0.223. The Morgan fingerprint density at radius 3 is 2.49 bits per heavy atom. The van der Waals surface area contributed by atoms with Gasteiger partial charge in [-0.05, 0) is 42.2 Å². The molecule has 8 heteroatoms. The van der Waals surface area contributed by atoms with E-state index in [-0.39, 0.29) is 5.91 Å². The fourth-order valence-electron chi connectivity index (χ4n) is 4.39. The zero-order valence-electron chi connectivity index (χ0n) is 21.1. The van der Waals surface area contributed by atoms with E-state index in [0.29, 0.717) is 28.1 Å². The van der Waals surface area contributed by atoms with Crippen LogP contribution in [0.5, 0.6) is 5.75 Å². The Kier molecular flexibility index (Phi) is 7.28. The minimum Gasteiger partial charge on any atom is -0.495 e. The molecule has 0 spiro atoms. The molecular weight excluding hydrogens is 482 g/mol. The number of aryl methyl sites for hydroxylation is 1. The van der Waals surface area contributed by atoms with Crippen LogP contribution in [0.2, 0.25) is 0 Å². The van der Waals surface area contributed by atoms with E-state index in [9.17, 15) is 4.79 Å². The topological polar surface area (TPSA) is 81.1 Å². The highest BCUT2D eigenvalue weighted by molar-refractivity contribution is 7.98. The number of nitrogens with one attached hydrogen (secondary N) is 2. The fourth-order valence-corrected chi connectivity index (χ4v) is 5.18. The van der Waals surface area contributed by atoms with Gasteiger partial charge in [-0.15, -0.1) is 5.10 Å². The maximum Gasteiger partial charge on any atom is 0.255 e. The van der Waals surface area contributed by atoms with Gasteiger partial charge in [0.1, 0.15) is 11.8 Å². The van der Waals surface area contributed by atoms with Crippen molar-refractivity contribution in [2.24, 2.45) is 0 Å². The third-order valence-electron chi connectivity index (χ3n) is 6.35. The van der Waals surface area contributed by atoms with E-state index >= 15 is 0 Å². The van der Waals surface area contributed by atoms with Crippen molar-refractivity contribution in [3.8, 4) is 5.75 Å². The third kappa shape index (κ3) is 5.24. The van der Waals surface area contributed by atoms with E-state index in [4.69, 9.17) is 14.8 Å². The first-order valence-electron chi connectivity index (χ1n) is 12.2. The number of hydrogen-bond acceptors (Lipinski definition) is 6. The standard InChI is InChI=1S/C29H29N5O2S/c1-4-20-14-16-22(17-15-20)26-25(27(35)31-23-12-8-9-13-24(23)36-3)19(2)30-28-32-29(33-34(26)28)37-18-21-10-6-5-7-11-21/h5-17,26H,4,18H2,1-3H3,(H,31,35)(H,30,32,33). The maximum atomic E-state index is 13.7. The van der Waals surface area contributed by atoms with Gasteiger partial charge in [-0.25, -0.2) is 4.68 Å². The number of hydrogen-bond donors (Lipinski definition) is 2. The Bertz CT molecular complexity index is 1430. The first-order valence-corrected chi connectivity index (χ1v) is 13.2. The zero-order chi connectivity index (χ0) is 25.8. The van der Waals surface area contributed by atoms with Crippen LogP contribution in [0.25, 0.3) is 0 Å². The summed E-state index contributed by atoms with van der Waals surface area (Å²) in [6, 6.07) is 25.5. The van der Waals surface area contributed by atoms with Gasteiger partial charge in [0.15, 0.2) is 0 Å². The third-order valence-corrected chi connectivity index (χ3v) is 7.26. The summed E-state index contributed by atoms with van der Waals surface area (Å²) in [5, 5.41) is 11.8. The van der Waals surface area contributed by atoms with Crippen molar-refractivity contribution in [3.05, 3.63) is 107 Å². The molecule has 2 N–H and O–H groups in total. The molecule has 1 atom stereocenters. The number of para-hydroxylation sites is 2. The summed E-state index contributed by atoms with van der Waals surface area (Å²) in [6.45, 7) is 4.03. The molecule has 0 bridgehead atoms. The number of allylic oxidation sites excluding steroid dienone is 1. The summed E-state index contributed by atoms with van der Waals surface area (Å²) in [5.41, 5.74) is 5.32. The van der Waals surface area contributed by atoms with Crippen LogP contribution in [0.3, 0.4) is 0 Å². The van der Waals surface area contributed by atoms with Crippen LogP contribution in [-0.2, 0) is 17.0 Å². The first kappa shape index (κ1) is 24.6. The molecule has 1 amide bonds. The molecule has 188 valence electrons. The lowest BCUT2D eigenvalue weighted by molar-refractivity contribution is -0.113. The van der Waals surface area contributed by atoms with Crippen LogP contribution >= 0.6 is 11.8 Å². The number of thioether (sulfide) groups is 1. The molecule has 0 saturated carbocycles. The summed E-state index contributed by atoms with van der Waals surface area (Å²) < 4.78 is 7.26. The number of rotatable bonds is 8. The molecule has 0 aliphatic carbocycles. The Balaban J connectivity index is 1.50. The van der Waals surface area contributed by atoms with Crippen molar-refractivity contribution in [2.45, 2.75) is 37.2 Å². The van der Waals surface area contributed by atoms with Gasteiger partial charge < -0.3 is 15.4 Å². The first-order chi connectivity index (χ1) is 18.1. The second-order valence-corrected chi connectivity index (χ2v) is 9.70. The number of nitrogens with zero attached hydrogens (tertiary/aromatic N) is 3. The maximum absolute atomic E-state index is 13.7. The number of methoxy groups -OCH3 is 1. The summed E-state index contributed by atoms with van der Waals surface area (Å²) in [5.74, 6) is 1.75. The highest BCUT2D eigenvalue weighted by atomic mass is 32.2. The molecule has 4 aromatic rings. The van der Waals surface area contributed by atoms with Crippen LogP contribution in [0.1, 0.15) is 36.6 Å². The Morgan fingerprint density at radius 2 is 1.76 bits per heavy atom. The molecule has 0 fully saturated rings. The van der Waals surface area contributed by atoms with Gasteiger partial charge in [-0.3, -0.25) is 4.79 Å². The Morgan fingerprint density at radius 1 is 1.03 bits per heavy atom. The molecule has 37 heavy (non-hydrogen) atoms. The fraction of sp³-hybridized carbons (Fsp3) is 0.207. The van der Waals surface area contributed by atoms with Crippen molar-refractivity contribution in [1.29, 1.82) is 0 Å². The van der Waals surface area contributed by atoms with Crippen LogP contribution < -0.4 is 15.4 Å². The van der Waals surface area contributed by atoms with Crippen molar-refractivity contribution < 1.29 is 9.53 Å². The number of benzene rings is 3. The summed E-state index contributed by atoms with van der Waals surface area (Å²) >= 11 is 1.57. The lowest BCUT2D eigenvalue weighted by Gasteiger charge is -2.29. The van der Waals surface area contributed by atoms with Gasteiger partial charge in [-0.2, -0.15) is 4.98 Å². The van der Waals surface area contributed by atoms with Gasteiger partial charge in [0.05, 0.1) is 18.4 Å². The van der Waals surface area contributed by atoms with E-state index in [0.717, 1.165) is 23.4 Å². The molecule has 1 aliphatic heterocycles. The van der Waals surface area contributed by atoms with Gasteiger partial charge in [-0.1, -0.05) is 85.4 Å². The van der Waals surface area contributed by atoms with E-state index < -0.39 is 6.04 Å². The van der Waals surface area contributed by atoms with Crippen molar-refractivity contribution in [2.75, 3.05) is 17.7 Å². The van der Waals surface area contributed by atoms with E-state index in [1.807, 2.05) is 54.1 Å². The van der Waals surface area contributed by atoms with Crippen molar-refractivity contribution >= 4 is 29.3 Å². The number of anilines is 2. The van der Waals surface area contributed by atoms with Crippen LogP contribution in [0, 0.1) is 0 Å². The predicted molar refractivity (Wildman–Crippen MR) is 148 cm³/mol. The molecule has 2 heterocycles. The highest BCUT2D eigenvalue weighted by Gasteiger charge is 2.34. The Hall–Kier alpha value is -4.04. The lowest BCUT2D eigenvalue weighted by Crippen LogP contribution is -2.31. The van der Waals surface area contributed by atoms with Gasteiger partial charge in [0.2, 0.25) is 11.1 Å². The second-order valence-electron chi connectivity index (χ2n) is 8.75. The molecule has 0 radical (unpaired) electrons. The monoisotopic (exact) mass is 511 g/mol. The molecule has 1 aromatic heterocycles. The SMILES string of the molecule is CCc1ccc(C2C(C(=O)Nc3ccccc3OC)=C(C)Nc3nc(SCc4ccccc4)nn32)cc1. The van der Waals surface area contributed by atoms with Crippen LogP contribution in [0.4, 0.5) is 11.6 Å². The molecule has 3 aromatic carbocycles. The highest BCUT2D eigenvalue weighted by Crippen LogP contribution is 2.37. The average Bonchev–Trinajstić information content (AvgIpc) is 3.34. The summed E-state index contributed by atoms with van der Waals surface area (Å²) in [6.07, 6.45) is 0.942. The molecule has 1 unspecified atom stereocenters. The van der Waals surface area contributed by atoms with Gasteiger partial charge in [0, 0.05) is 11.4 Å². The number of aromatic nitrogens is 3. The van der Waals surface area contributed by atoms with Gasteiger partial charge >= 0.3 is 0 Å². The average molecular weight is 512 g/mol. The minimum atomic E-state index is -0.435. The molecule has 0 saturated heterocycles. The van der Waals surface area contributed by atoms with Gasteiger partial charge in [0.25, 0.3) is 5.91 Å². The van der Waals surface area contributed by atoms with E-state index in [1.165, 1.54) is 11.1 Å². The number of carbonyl (C=O) groups excluding carboxylic acids is 1. The lowest BCUT2D eigenvalue weighted by atomic mass is 9.94. The van der Waals surface area contributed by atoms with E-state index in [2.05, 4.69) is 54.0 Å². The van der Waals surface area contributed by atoms with Crippen LogP contribution in [-0.4, -0.2) is 27.8 Å². The number of ether oxygens (including phenoxy) is 1. The smallest absolute Gasteiger partial charge is 0.255 e. The van der Waals surface area contributed by atoms with E-state index in [1.54, 1.807) is 18.9 Å². The normalized spacial score (nSPS) is 14.6. The Labute approximate surface area is 221 Å². The largest absolute Gasteiger partial charge is 0.495 e. The number of carbonyl (C=O) groups is 1. The van der Waals surface area contributed by atoms with Crippen molar-refractivity contribution in [3.63, 3.8) is 0 Å².